The Labute approximate surface area is 137 Å². The minimum Gasteiger partial charge on any atom is -0.327 e. The lowest BCUT2D eigenvalue weighted by molar-refractivity contribution is -0.139. The van der Waals surface area contributed by atoms with Gasteiger partial charge in [-0.05, 0) is 29.3 Å². The molecule has 3 rings (SSSR count). The summed E-state index contributed by atoms with van der Waals surface area (Å²) in [6.07, 6.45) is 1.79. The van der Waals surface area contributed by atoms with Crippen molar-refractivity contribution >= 4 is 33.7 Å². The highest BCUT2D eigenvalue weighted by Gasteiger charge is 2.33. The Hall–Kier alpha value is -2.20. The predicted molar refractivity (Wildman–Crippen MR) is 89.0 cm³/mol. The molecule has 0 radical (unpaired) electrons. The van der Waals surface area contributed by atoms with Crippen LogP contribution in [-0.2, 0) is 16.1 Å². The number of hydrogen-bond donors (Lipinski definition) is 0. The molecule has 0 bridgehead atoms. The molecule has 110 valence electrons. The van der Waals surface area contributed by atoms with Crippen molar-refractivity contribution in [2.75, 3.05) is 6.54 Å². The van der Waals surface area contributed by atoms with Crippen molar-refractivity contribution < 1.29 is 9.59 Å². The van der Waals surface area contributed by atoms with Crippen LogP contribution in [0.2, 0.25) is 0 Å². The third-order valence-electron chi connectivity index (χ3n) is 3.54. The van der Waals surface area contributed by atoms with E-state index in [9.17, 15) is 9.59 Å². The van der Waals surface area contributed by atoms with Crippen molar-refractivity contribution in [2.24, 2.45) is 0 Å². The molecule has 1 aliphatic rings. The third-order valence-corrected chi connectivity index (χ3v) is 4.03. The van der Waals surface area contributed by atoms with E-state index >= 15 is 0 Å². The second kappa shape index (κ2) is 6.28. The molecule has 0 N–H and O–H groups in total. The smallest absolute Gasteiger partial charge is 0.295 e. The Kier molecular flexibility index (Phi) is 4.20. The minimum atomic E-state index is -0.426. The molecule has 0 aromatic heterocycles. The molecule has 4 heteroatoms. The maximum Gasteiger partial charge on any atom is 0.295 e. The van der Waals surface area contributed by atoms with Crippen LogP contribution in [0.25, 0.3) is 6.08 Å². The Balaban J connectivity index is 1.81. The van der Waals surface area contributed by atoms with Crippen LogP contribution in [0.1, 0.15) is 11.1 Å². The summed E-state index contributed by atoms with van der Waals surface area (Å²) in [5.74, 6) is -0.832. The molecule has 1 amide bonds. The molecule has 3 nitrogen and oxygen atoms in total. The van der Waals surface area contributed by atoms with E-state index in [0.29, 0.717) is 18.7 Å². The molecule has 0 unspecified atom stereocenters. The summed E-state index contributed by atoms with van der Waals surface area (Å²) in [7, 11) is 0. The molecule has 2 aromatic rings. The Morgan fingerprint density at radius 1 is 1.05 bits per heavy atom. The van der Waals surface area contributed by atoms with Crippen LogP contribution in [-0.4, -0.2) is 23.1 Å². The molecule has 1 heterocycles. The van der Waals surface area contributed by atoms with E-state index < -0.39 is 11.7 Å². The van der Waals surface area contributed by atoms with Gasteiger partial charge < -0.3 is 4.90 Å². The molecule has 0 saturated carbocycles. The normalized spacial score (nSPS) is 16.6. The van der Waals surface area contributed by atoms with Crippen molar-refractivity contribution in [3.05, 3.63) is 75.8 Å². The lowest BCUT2D eigenvalue weighted by Crippen LogP contribution is -2.26. The average Bonchev–Trinajstić information content (AvgIpc) is 2.77. The topological polar surface area (TPSA) is 37.4 Å². The number of rotatable bonds is 3. The molecule has 1 aliphatic heterocycles. The predicted octanol–water partition coefficient (Wildman–Crippen LogP) is 3.44. The van der Waals surface area contributed by atoms with Gasteiger partial charge in [-0.1, -0.05) is 58.4 Å². The van der Waals surface area contributed by atoms with Crippen LogP contribution in [0, 0.1) is 0 Å². The number of ketones is 1. The van der Waals surface area contributed by atoms with Gasteiger partial charge in [-0.2, -0.15) is 0 Å². The Morgan fingerprint density at radius 2 is 1.82 bits per heavy atom. The zero-order valence-electron chi connectivity index (χ0n) is 11.8. The van der Waals surface area contributed by atoms with E-state index in [1.54, 1.807) is 11.0 Å². The van der Waals surface area contributed by atoms with Gasteiger partial charge in [0, 0.05) is 16.6 Å². The molecular weight excluding hydrogens is 342 g/mol. The van der Waals surface area contributed by atoms with Gasteiger partial charge in [0.1, 0.15) is 0 Å². The number of benzene rings is 2. The van der Waals surface area contributed by atoms with Gasteiger partial charge in [0.25, 0.3) is 5.91 Å². The lowest BCUT2D eigenvalue weighted by atomic mass is 10.1. The van der Waals surface area contributed by atoms with Gasteiger partial charge >= 0.3 is 0 Å². The zero-order valence-corrected chi connectivity index (χ0v) is 13.4. The Bertz CT molecular complexity index is 753. The summed E-state index contributed by atoms with van der Waals surface area (Å²) in [6, 6.07) is 17.3. The monoisotopic (exact) mass is 355 g/mol. The fraction of sp³-hybridized carbons (Fsp3) is 0.111. The number of nitrogens with zero attached hydrogens (tertiary/aromatic N) is 1. The van der Waals surface area contributed by atoms with Crippen LogP contribution < -0.4 is 0 Å². The standard InChI is InChI=1S/C18H14BrNO2/c19-16-8-4-7-14(10-16)9-15-12-20(18(22)17(15)21)11-13-5-2-1-3-6-13/h1-10H,11-12H2/b15-9-. The number of amides is 1. The van der Waals surface area contributed by atoms with Crippen molar-refractivity contribution in [1.82, 2.24) is 4.90 Å². The fourth-order valence-corrected chi connectivity index (χ4v) is 2.89. The van der Waals surface area contributed by atoms with Gasteiger partial charge in [0.2, 0.25) is 5.78 Å². The van der Waals surface area contributed by atoms with Crippen molar-refractivity contribution in [3.63, 3.8) is 0 Å². The molecule has 0 atom stereocenters. The van der Waals surface area contributed by atoms with Gasteiger partial charge in [-0.3, -0.25) is 9.59 Å². The Morgan fingerprint density at radius 3 is 2.55 bits per heavy atom. The summed E-state index contributed by atoms with van der Waals surface area (Å²) in [5.41, 5.74) is 2.47. The van der Waals surface area contributed by atoms with Crippen molar-refractivity contribution in [2.45, 2.75) is 6.54 Å². The van der Waals surface area contributed by atoms with Gasteiger partial charge in [-0.25, -0.2) is 0 Å². The van der Waals surface area contributed by atoms with E-state index in [2.05, 4.69) is 15.9 Å². The lowest BCUT2D eigenvalue weighted by Gasteiger charge is -2.13. The van der Waals surface area contributed by atoms with Crippen LogP contribution in [0.15, 0.2) is 64.6 Å². The second-order valence-corrected chi connectivity index (χ2v) is 6.12. The molecule has 0 spiro atoms. The number of carbonyl (C=O) groups excluding carboxylic acids is 2. The molecular formula is C18H14BrNO2. The first-order chi connectivity index (χ1) is 10.6. The summed E-state index contributed by atoms with van der Waals surface area (Å²) >= 11 is 3.40. The second-order valence-electron chi connectivity index (χ2n) is 5.20. The van der Waals surface area contributed by atoms with Gasteiger partial charge in [-0.15, -0.1) is 0 Å². The first-order valence-corrected chi connectivity index (χ1v) is 7.76. The van der Waals surface area contributed by atoms with E-state index in [1.807, 2.05) is 54.6 Å². The minimum absolute atomic E-state index is 0.360. The van der Waals surface area contributed by atoms with Crippen molar-refractivity contribution in [1.29, 1.82) is 0 Å². The molecule has 2 aromatic carbocycles. The number of carbonyl (C=O) groups is 2. The molecule has 22 heavy (non-hydrogen) atoms. The highest BCUT2D eigenvalue weighted by Crippen LogP contribution is 2.21. The van der Waals surface area contributed by atoms with Crippen molar-refractivity contribution in [3.8, 4) is 0 Å². The zero-order chi connectivity index (χ0) is 15.5. The molecule has 0 aliphatic carbocycles. The number of likely N-dealkylation sites (tertiary alicyclic amines) is 1. The number of Topliss-reactive ketones (excluding diaryl/α,β-unsaturated/α-hetero) is 1. The average molecular weight is 356 g/mol. The third kappa shape index (κ3) is 3.17. The van der Waals surface area contributed by atoms with Crippen LogP contribution in [0.3, 0.4) is 0 Å². The van der Waals surface area contributed by atoms with Crippen LogP contribution in [0.4, 0.5) is 0 Å². The van der Waals surface area contributed by atoms with E-state index in [0.717, 1.165) is 15.6 Å². The summed E-state index contributed by atoms with van der Waals surface area (Å²) in [6.45, 7) is 0.820. The van der Waals surface area contributed by atoms with Gasteiger partial charge in [0.15, 0.2) is 0 Å². The largest absolute Gasteiger partial charge is 0.327 e. The highest BCUT2D eigenvalue weighted by molar-refractivity contribution is 9.10. The van der Waals surface area contributed by atoms with Crippen LogP contribution in [0.5, 0.6) is 0 Å². The quantitative estimate of drug-likeness (QED) is 0.624. The fourth-order valence-electron chi connectivity index (χ4n) is 2.47. The first-order valence-electron chi connectivity index (χ1n) is 6.97. The summed E-state index contributed by atoms with van der Waals surface area (Å²) in [4.78, 5) is 25.8. The van der Waals surface area contributed by atoms with E-state index in [-0.39, 0.29) is 0 Å². The summed E-state index contributed by atoms with van der Waals surface area (Å²) in [5, 5.41) is 0. The van der Waals surface area contributed by atoms with Crippen LogP contribution >= 0.6 is 15.9 Å². The highest BCUT2D eigenvalue weighted by atomic mass is 79.9. The summed E-state index contributed by atoms with van der Waals surface area (Å²) < 4.78 is 0.944. The number of halogens is 1. The maximum atomic E-state index is 12.1. The van der Waals surface area contributed by atoms with Gasteiger partial charge in [0.05, 0.1) is 6.54 Å². The first kappa shape index (κ1) is 14.7. The van der Waals surface area contributed by atoms with E-state index in [4.69, 9.17) is 0 Å². The SMILES string of the molecule is O=C1C(=O)N(Cc2ccccc2)C/C1=C/c1cccc(Br)c1. The van der Waals surface area contributed by atoms with E-state index in [1.165, 1.54) is 0 Å². The maximum absolute atomic E-state index is 12.1. The number of hydrogen-bond acceptors (Lipinski definition) is 2. The molecule has 1 saturated heterocycles. The molecule has 1 fully saturated rings.